The number of benzene rings is 1. The molecule has 6 heteroatoms. The first-order chi connectivity index (χ1) is 8.66. The first-order valence-corrected chi connectivity index (χ1v) is 6.69. The molecule has 1 aliphatic heterocycles. The fourth-order valence-corrected chi connectivity index (χ4v) is 2.36. The molecule has 0 saturated carbocycles. The van der Waals surface area contributed by atoms with Crippen molar-refractivity contribution >= 4 is 34.3 Å². The highest BCUT2D eigenvalue weighted by molar-refractivity contribution is 9.10. The summed E-state index contributed by atoms with van der Waals surface area (Å²) in [4.78, 5) is 12.0. The minimum atomic E-state index is -0.853. The molecule has 0 spiro atoms. The minimum absolute atomic E-state index is 0. The van der Waals surface area contributed by atoms with Gasteiger partial charge in [0.1, 0.15) is 5.75 Å². The highest BCUT2D eigenvalue weighted by atomic mass is 79.9. The van der Waals surface area contributed by atoms with Crippen LogP contribution in [0.5, 0.6) is 5.75 Å². The summed E-state index contributed by atoms with van der Waals surface area (Å²) in [5.41, 5.74) is -0.853. The van der Waals surface area contributed by atoms with E-state index in [1.54, 1.807) is 0 Å². The first kappa shape index (κ1) is 16.3. The molecule has 1 fully saturated rings. The summed E-state index contributed by atoms with van der Waals surface area (Å²) >= 11 is 3.37. The van der Waals surface area contributed by atoms with Crippen molar-refractivity contribution in [3.05, 3.63) is 28.7 Å². The Bertz CT molecular complexity index is 418. The van der Waals surface area contributed by atoms with E-state index < -0.39 is 5.60 Å². The van der Waals surface area contributed by atoms with Gasteiger partial charge in [-0.2, -0.15) is 0 Å². The lowest BCUT2D eigenvalue weighted by atomic mass is 9.92. The Labute approximate surface area is 127 Å². The molecule has 1 heterocycles. The van der Waals surface area contributed by atoms with Gasteiger partial charge in [0.05, 0.1) is 7.11 Å². The molecule has 1 aromatic carbocycles. The van der Waals surface area contributed by atoms with Gasteiger partial charge < -0.3 is 14.8 Å². The number of ether oxygens (including phenoxy) is 2. The fraction of sp³-hybridized carbons (Fsp3) is 0.462. The molecule has 19 heavy (non-hydrogen) atoms. The molecule has 0 radical (unpaired) electrons. The average Bonchev–Trinajstić information content (AvgIpc) is 2.41. The number of carbonyl (C=O) groups excluding carboxylic acids is 1. The SMILES string of the molecule is COC(=O)C1(Oc2ccc(Br)cc2)CCNCC1.Cl. The third-order valence-corrected chi connectivity index (χ3v) is 3.62. The molecule has 0 aromatic heterocycles. The van der Waals surface area contributed by atoms with Crippen molar-refractivity contribution in [1.82, 2.24) is 5.32 Å². The van der Waals surface area contributed by atoms with Gasteiger partial charge in [0, 0.05) is 17.3 Å². The largest absolute Gasteiger partial charge is 0.475 e. The van der Waals surface area contributed by atoms with E-state index in [-0.39, 0.29) is 18.4 Å². The lowest BCUT2D eigenvalue weighted by molar-refractivity contribution is -0.161. The van der Waals surface area contributed by atoms with E-state index in [9.17, 15) is 4.79 Å². The van der Waals surface area contributed by atoms with Gasteiger partial charge in [0.25, 0.3) is 0 Å². The maximum absolute atomic E-state index is 12.0. The van der Waals surface area contributed by atoms with Crippen molar-refractivity contribution < 1.29 is 14.3 Å². The number of rotatable bonds is 3. The lowest BCUT2D eigenvalue weighted by Gasteiger charge is -2.35. The Morgan fingerprint density at radius 1 is 1.26 bits per heavy atom. The van der Waals surface area contributed by atoms with Crippen LogP contribution in [0.25, 0.3) is 0 Å². The molecule has 1 aliphatic rings. The Balaban J connectivity index is 0.00000180. The number of hydrogen-bond donors (Lipinski definition) is 1. The Hall–Kier alpha value is -0.780. The molecule has 1 saturated heterocycles. The molecule has 0 aliphatic carbocycles. The molecule has 1 N–H and O–H groups in total. The first-order valence-electron chi connectivity index (χ1n) is 5.90. The van der Waals surface area contributed by atoms with Crippen LogP contribution in [-0.4, -0.2) is 31.8 Å². The Morgan fingerprint density at radius 3 is 2.37 bits per heavy atom. The van der Waals surface area contributed by atoms with Gasteiger partial charge in [0.2, 0.25) is 5.60 Å². The number of nitrogens with one attached hydrogen (secondary N) is 1. The molecule has 0 atom stereocenters. The van der Waals surface area contributed by atoms with Crippen LogP contribution in [0.4, 0.5) is 0 Å². The van der Waals surface area contributed by atoms with Crippen molar-refractivity contribution in [2.24, 2.45) is 0 Å². The van der Waals surface area contributed by atoms with Crippen molar-refractivity contribution in [3.8, 4) is 5.75 Å². The summed E-state index contributed by atoms with van der Waals surface area (Å²) in [6.45, 7) is 1.51. The van der Waals surface area contributed by atoms with Gasteiger partial charge >= 0.3 is 5.97 Å². The predicted molar refractivity (Wildman–Crippen MR) is 78.9 cm³/mol. The molecule has 0 amide bonds. The number of piperidine rings is 1. The zero-order valence-corrected chi connectivity index (χ0v) is 13.1. The van der Waals surface area contributed by atoms with Crippen LogP contribution in [0.1, 0.15) is 12.8 Å². The van der Waals surface area contributed by atoms with Crippen molar-refractivity contribution in [2.45, 2.75) is 18.4 Å². The molecular weight excluding hydrogens is 334 g/mol. The average molecular weight is 351 g/mol. The van der Waals surface area contributed by atoms with Crippen molar-refractivity contribution in [3.63, 3.8) is 0 Å². The smallest absolute Gasteiger partial charge is 0.350 e. The predicted octanol–water partition coefficient (Wildman–Crippen LogP) is 2.54. The van der Waals surface area contributed by atoms with E-state index in [1.165, 1.54) is 7.11 Å². The van der Waals surface area contributed by atoms with Crippen LogP contribution < -0.4 is 10.1 Å². The van der Waals surface area contributed by atoms with E-state index >= 15 is 0 Å². The fourth-order valence-electron chi connectivity index (χ4n) is 2.09. The van der Waals surface area contributed by atoms with Gasteiger partial charge in [-0.05, 0) is 37.4 Å². The van der Waals surface area contributed by atoms with Gasteiger partial charge in [-0.15, -0.1) is 12.4 Å². The summed E-state index contributed by atoms with van der Waals surface area (Å²) in [5.74, 6) is 0.386. The van der Waals surface area contributed by atoms with Crippen LogP contribution in [0, 0.1) is 0 Å². The summed E-state index contributed by atoms with van der Waals surface area (Å²) in [6.07, 6.45) is 1.24. The van der Waals surface area contributed by atoms with E-state index in [0.29, 0.717) is 18.6 Å². The van der Waals surface area contributed by atoms with Gasteiger partial charge in [-0.3, -0.25) is 0 Å². The molecule has 1 aromatic rings. The second-order valence-corrected chi connectivity index (χ2v) is 5.21. The normalized spacial score (nSPS) is 17.2. The Kier molecular flexibility index (Phi) is 6.10. The zero-order valence-electron chi connectivity index (χ0n) is 10.6. The number of halogens is 2. The number of hydrogen-bond acceptors (Lipinski definition) is 4. The quantitative estimate of drug-likeness (QED) is 0.851. The minimum Gasteiger partial charge on any atom is -0.475 e. The van der Waals surface area contributed by atoms with Gasteiger partial charge in [-0.25, -0.2) is 4.79 Å². The number of esters is 1. The summed E-state index contributed by atoms with van der Waals surface area (Å²) < 4.78 is 11.8. The van der Waals surface area contributed by atoms with Crippen molar-refractivity contribution in [1.29, 1.82) is 0 Å². The molecule has 0 unspecified atom stereocenters. The highest BCUT2D eigenvalue weighted by Gasteiger charge is 2.43. The monoisotopic (exact) mass is 349 g/mol. The molecule has 2 rings (SSSR count). The standard InChI is InChI=1S/C13H16BrNO3.ClH/c1-17-12(16)13(6-8-15-9-7-13)18-11-4-2-10(14)3-5-11;/h2-5,15H,6-9H2,1H3;1H. The van der Waals surface area contributed by atoms with Crippen LogP contribution in [0.2, 0.25) is 0 Å². The van der Waals surface area contributed by atoms with Gasteiger partial charge in [-0.1, -0.05) is 15.9 Å². The third-order valence-electron chi connectivity index (χ3n) is 3.10. The summed E-state index contributed by atoms with van der Waals surface area (Å²) in [7, 11) is 1.40. The molecule has 0 bridgehead atoms. The van der Waals surface area contributed by atoms with Crippen molar-refractivity contribution in [2.75, 3.05) is 20.2 Å². The van der Waals surface area contributed by atoms with Crippen LogP contribution in [0.3, 0.4) is 0 Å². The van der Waals surface area contributed by atoms with Crippen LogP contribution in [0.15, 0.2) is 28.7 Å². The summed E-state index contributed by atoms with van der Waals surface area (Å²) in [6, 6.07) is 7.47. The second-order valence-electron chi connectivity index (χ2n) is 4.29. The maximum Gasteiger partial charge on any atom is 0.350 e. The van der Waals surface area contributed by atoms with E-state index in [0.717, 1.165) is 17.6 Å². The zero-order chi connectivity index (χ0) is 13.0. The second kappa shape index (κ2) is 7.12. The number of methoxy groups -OCH3 is 1. The Morgan fingerprint density at radius 2 is 1.84 bits per heavy atom. The van der Waals surface area contributed by atoms with E-state index in [4.69, 9.17) is 9.47 Å². The van der Waals surface area contributed by atoms with Gasteiger partial charge in [0.15, 0.2) is 0 Å². The molecule has 106 valence electrons. The van der Waals surface area contributed by atoms with E-state index in [1.807, 2.05) is 24.3 Å². The van der Waals surface area contributed by atoms with Crippen LogP contribution >= 0.6 is 28.3 Å². The third kappa shape index (κ3) is 3.84. The maximum atomic E-state index is 12.0. The number of carbonyl (C=O) groups is 1. The molecular formula is C13H17BrClNO3. The van der Waals surface area contributed by atoms with E-state index in [2.05, 4.69) is 21.2 Å². The lowest BCUT2D eigenvalue weighted by Crippen LogP contribution is -2.52. The highest BCUT2D eigenvalue weighted by Crippen LogP contribution is 2.28. The summed E-state index contributed by atoms with van der Waals surface area (Å²) in [5, 5.41) is 3.22. The molecule has 4 nitrogen and oxygen atoms in total. The topological polar surface area (TPSA) is 47.6 Å². The van der Waals surface area contributed by atoms with Crippen LogP contribution in [-0.2, 0) is 9.53 Å².